The first-order valence-electron chi connectivity index (χ1n) is 4.62. The summed E-state index contributed by atoms with van der Waals surface area (Å²) in [6, 6.07) is 8.05. The summed E-state index contributed by atoms with van der Waals surface area (Å²) in [7, 11) is 0. The van der Waals surface area contributed by atoms with Crippen LogP contribution in [-0.2, 0) is 11.8 Å². The number of aliphatic hydroxyl groups excluding tert-OH is 2. The van der Waals surface area contributed by atoms with Gasteiger partial charge >= 0.3 is 0 Å². The van der Waals surface area contributed by atoms with Crippen molar-refractivity contribution in [2.24, 2.45) is 0 Å². The van der Waals surface area contributed by atoms with Crippen molar-refractivity contribution in [2.45, 2.75) is 18.3 Å². The van der Waals surface area contributed by atoms with Crippen molar-refractivity contribution in [2.75, 3.05) is 13.2 Å². The van der Waals surface area contributed by atoms with Gasteiger partial charge in [-0.05, 0) is 24.0 Å². The maximum absolute atomic E-state index is 9.30. The molecule has 0 aromatic heterocycles. The summed E-state index contributed by atoms with van der Waals surface area (Å²) in [5.41, 5.74) is 2.02. The first kappa shape index (κ1) is 8.73. The second-order valence-corrected chi connectivity index (χ2v) is 3.75. The van der Waals surface area contributed by atoms with Crippen molar-refractivity contribution in [1.29, 1.82) is 0 Å². The summed E-state index contributed by atoms with van der Waals surface area (Å²) >= 11 is 0. The predicted molar refractivity (Wildman–Crippen MR) is 50.6 cm³/mol. The van der Waals surface area contributed by atoms with Crippen LogP contribution in [0.5, 0.6) is 0 Å². The van der Waals surface area contributed by atoms with Crippen molar-refractivity contribution >= 4 is 0 Å². The molecule has 0 saturated heterocycles. The molecule has 1 aromatic carbocycles. The van der Waals surface area contributed by atoms with Crippen LogP contribution in [0.15, 0.2) is 24.3 Å². The minimum absolute atomic E-state index is 0.0422. The predicted octanol–water partition coefficient (Wildman–Crippen LogP) is 0.855. The molecule has 70 valence electrons. The Balaban J connectivity index is 2.47. The van der Waals surface area contributed by atoms with E-state index in [2.05, 4.69) is 6.07 Å². The highest BCUT2D eigenvalue weighted by Gasteiger charge is 2.37. The fourth-order valence-corrected chi connectivity index (χ4v) is 2.14. The molecule has 0 aliphatic heterocycles. The Kier molecular flexibility index (Phi) is 2.10. The molecule has 0 bridgehead atoms. The summed E-state index contributed by atoms with van der Waals surface area (Å²) in [4.78, 5) is 0. The third-order valence-electron chi connectivity index (χ3n) is 3.07. The average Bonchev–Trinajstić information content (AvgIpc) is 2.58. The molecule has 1 aliphatic carbocycles. The molecule has 0 saturated carbocycles. The van der Waals surface area contributed by atoms with Crippen LogP contribution in [0.4, 0.5) is 0 Å². The van der Waals surface area contributed by atoms with Crippen LogP contribution in [-0.4, -0.2) is 23.4 Å². The van der Waals surface area contributed by atoms with Gasteiger partial charge in [-0.1, -0.05) is 24.3 Å². The average molecular weight is 178 g/mol. The molecule has 2 N–H and O–H groups in total. The molecule has 1 aromatic rings. The summed E-state index contributed by atoms with van der Waals surface area (Å²) in [5.74, 6) is 0. The lowest BCUT2D eigenvalue weighted by molar-refractivity contribution is 0.117. The number of hydrogen-bond acceptors (Lipinski definition) is 2. The van der Waals surface area contributed by atoms with Crippen LogP contribution in [0.1, 0.15) is 17.5 Å². The van der Waals surface area contributed by atoms with Gasteiger partial charge in [0.15, 0.2) is 0 Å². The summed E-state index contributed by atoms with van der Waals surface area (Å²) in [6.45, 7) is 0.0844. The van der Waals surface area contributed by atoms with Gasteiger partial charge in [0.2, 0.25) is 0 Å². The van der Waals surface area contributed by atoms with Crippen LogP contribution in [0, 0.1) is 0 Å². The lowest BCUT2D eigenvalue weighted by atomic mass is 9.84. The SMILES string of the molecule is OCC1(CO)CCc2ccccc21. The number of aliphatic hydroxyl groups is 2. The molecular formula is C11H14O2. The number of hydrogen-bond donors (Lipinski definition) is 2. The highest BCUT2D eigenvalue weighted by molar-refractivity contribution is 5.39. The fraction of sp³-hybridized carbons (Fsp3) is 0.455. The zero-order chi connectivity index (χ0) is 9.31. The quantitative estimate of drug-likeness (QED) is 0.705. The second kappa shape index (κ2) is 3.13. The van der Waals surface area contributed by atoms with Crippen molar-refractivity contribution in [3.8, 4) is 0 Å². The molecule has 2 rings (SSSR count). The van der Waals surface area contributed by atoms with Gasteiger partial charge in [0.25, 0.3) is 0 Å². The first-order valence-corrected chi connectivity index (χ1v) is 4.62. The highest BCUT2D eigenvalue weighted by atomic mass is 16.3. The van der Waals surface area contributed by atoms with E-state index in [0.717, 1.165) is 18.4 Å². The molecule has 0 spiro atoms. The smallest absolute Gasteiger partial charge is 0.0550 e. The second-order valence-electron chi connectivity index (χ2n) is 3.75. The Labute approximate surface area is 77.8 Å². The maximum Gasteiger partial charge on any atom is 0.0550 e. The topological polar surface area (TPSA) is 40.5 Å². The van der Waals surface area contributed by atoms with Gasteiger partial charge in [-0.3, -0.25) is 0 Å². The van der Waals surface area contributed by atoms with E-state index in [0.29, 0.717) is 0 Å². The van der Waals surface area contributed by atoms with Crippen molar-refractivity contribution in [3.05, 3.63) is 35.4 Å². The molecular weight excluding hydrogens is 164 g/mol. The maximum atomic E-state index is 9.30. The number of fused-ring (bicyclic) bond motifs is 1. The molecule has 0 unspecified atom stereocenters. The van der Waals surface area contributed by atoms with Crippen LogP contribution in [0.25, 0.3) is 0 Å². The van der Waals surface area contributed by atoms with Crippen molar-refractivity contribution in [3.63, 3.8) is 0 Å². The monoisotopic (exact) mass is 178 g/mol. The Morgan fingerprint density at radius 2 is 1.85 bits per heavy atom. The molecule has 2 heteroatoms. The Morgan fingerprint density at radius 1 is 1.15 bits per heavy atom. The van der Waals surface area contributed by atoms with Crippen LogP contribution in [0.2, 0.25) is 0 Å². The largest absolute Gasteiger partial charge is 0.395 e. The van der Waals surface area contributed by atoms with Gasteiger partial charge in [0.1, 0.15) is 0 Å². The molecule has 0 radical (unpaired) electrons. The van der Waals surface area contributed by atoms with E-state index < -0.39 is 0 Å². The van der Waals surface area contributed by atoms with Crippen LogP contribution in [0.3, 0.4) is 0 Å². The Bertz CT molecular complexity index is 303. The summed E-state index contributed by atoms with van der Waals surface area (Å²) in [6.07, 6.45) is 1.83. The minimum Gasteiger partial charge on any atom is -0.395 e. The summed E-state index contributed by atoms with van der Waals surface area (Å²) in [5, 5.41) is 18.6. The van der Waals surface area contributed by atoms with E-state index in [1.54, 1.807) is 0 Å². The summed E-state index contributed by atoms with van der Waals surface area (Å²) < 4.78 is 0. The number of benzene rings is 1. The van der Waals surface area contributed by atoms with E-state index in [-0.39, 0.29) is 18.6 Å². The van der Waals surface area contributed by atoms with E-state index in [1.165, 1.54) is 5.56 Å². The van der Waals surface area contributed by atoms with Gasteiger partial charge < -0.3 is 10.2 Å². The molecule has 0 heterocycles. The van der Waals surface area contributed by atoms with Crippen molar-refractivity contribution < 1.29 is 10.2 Å². The van der Waals surface area contributed by atoms with Gasteiger partial charge in [-0.15, -0.1) is 0 Å². The normalized spacial score (nSPS) is 18.6. The molecule has 13 heavy (non-hydrogen) atoms. The zero-order valence-electron chi connectivity index (χ0n) is 7.53. The molecule has 0 atom stereocenters. The number of aryl methyl sites for hydroxylation is 1. The molecule has 0 amide bonds. The Hall–Kier alpha value is -0.860. The third kappa shape index (κ3) is 1.18. The lowest BCUT2D eigenvalue weighted by Gasteiger charge is -2.25. The van der Waals surface area contributed by atoms with E-state index >= 15 is 0 Å². The van der Waals surface area contributed by atoms with Gasteiger partial charge in [0.05, 0.1) is 13.2 Å². The zero-order valence-corrected chi connectivity index (χ0v) is 7.53. The van der Waals surface area contributed by atoms with E-state index in [1.807, 2.05) is 18.2 Å². The van der Waals surface area contributed by atoms with Gasteiger partial charge in [-0.25, -0.2) is 0 Å². The molecule has 0 fully saturated rings. The highest BCUT2D eigenvalue weighted by Crippen LogP contribution is 2.37. The number of rotatable bonds is 2. The van der Waals surface area contributed by atoms with E-state index in [4.69, 9.17) is 0 Å². The van der Waals surface area contributed by atoms with E-state index in [9.17, 15) is 10.2 Å². The van der Waals surface area contributed by atoms with Gasteiger partial charge in [0, 0.05) is 5.41 Å². The minimum atomic E-state index is -0.378. The van der Waals surface area contributed by atoms with Crippen LogP contribution >= 0.6 is 0 Å². The van der Waals surface area contributed by atoms with Crippen molar-refractivity contribution in [1.82, 2.24) is 0 Å². The molecule has 1 aliphatic rings. The standard InChI is InChI=1S/C11H14O2/c12-7-11(8-13)6-5-9-3-1-2-4-10(9)11/h1-4,12-13H,5-8H2. The fourth-order valence-electron chi connectivity index (χ4n) is 2.14. The lowest BCUT2D eigenvalue weighted by Crippen LogP contribution is -2.31. The third-order valence-corrected chi connectivity index (χ3v) is 3.07. The Morgan fingerprint density at radius 3 is 2.54 bits per heavy atom. The van der Waals surface area contributed by atoms with Crippen LogP contribution < -0.4 is 0 Å². The molecule has 2 nitrogen and oxygen atoms in total. The van der Waals surface area contributed by atoms with Gasteiger partial charge in [-0.2, -0.15) is 0 Å². The first-order chi connectivity index (χ1) is 6.32.